The second kappa shape index (κ2) is 8.46. The summed E-state index contributed by atoms with van der Waals surface area (Å²) in [7, 11) is 0. The number of imide groups is 1. The number of amides is 2. The highest BCUT2D eigenvalue weighted by Gasteiger charge is 2.56. The normalized spacial score (nSPS) is 26.3. The molecule has 2 amide bonds. The maximum absolute atomic E-state index is 13.9. The van der Waals surface area contributed by atoms with Crippen LogP contribution in [0.15, 0.2) is 101 Å². The number of rotatable bonds is 2. The van der Waals surface area contributed by atoms with Crippen molar-refractivity contribution in [3.63, 3.8) is 0 Å². The zero-order valence-corrected chi connectivity index (χ0v) is 21.3. The Morgan fingerprint density at radius 2 is 1.54 bits per heavy atom. The van der Waals surface area contributed by atoms with Gasteiger partial charge in [0, 0.05) is 28.0 Å². The van der Waals surface area contributed by atoms with Gasteiger partial charge in [0.15, 0.2) is 11.6 Å². The number of benzene rings is 3. The summed E-state index contributed by atoms with van der Waals surface area (Å²) in [5, 5.41) is 12.0. The molecular weight excluding hydrogens is 490 g/mol. The van der Waals surface area contributed by atoms with E-state index in [9.17, 15) is 24.3 Å². The molecule has 192 valence electrons. The van der Waals surface area contributed by atoms with E-state index in [4.69, 9.17) is 0 Å². The lowest BCUT2D eigenvalue weighted by Crippen LogP contribution is -2.39. The first kappa shape index (κ1) is 23.5. The summed E-state index contributed by atoms with van der Waals surface area (Å²) < 4.78 is 0. The Bertz CT molecular complexity index is 1730. The van der Waals surface area contributed by atoms with Gasteiger partial charge in [0.25, 0.3) is 0 Å². The van der Waals surface area contributed by atoms with E-state index in [2.05, 4.69) is 0 Å². The van der Waals surface area contributed by atoms with Gasteiger partial charge in [0.05, 0.1) is 17.5 Å². The van der Waals surface area contributed by atoms with Crippen molar-refractivity contribution in [2.75, 3.05) is 4.90 Å². The zero-order chi connectivity index (χ0) is 27.0. The molecule has 0 aromatic heterocycles. The van der Waals surface area contributed by atoms with Crippen LogP contribution in [0.25, 0.3) is 10.8 Å². The molecule has 0 radical (unpaired) electrons. The van der Waals surface area contributed by atoms with E-state index in [1.807, 2.05) is 42.5 Å². The number of hydrogen-bond donors (Lipinski definition) is 1. The number of anilines is 1. The molecule has 1 aliphatic heterocycles. The fraction of sp³-hybridized carbons (Fsp3) is 0.212. The molecule has 3 aromatic rings. The van der Waals surface area contributed by atoms with Crippen molar-refractivity contribution in [3.05, 3.63) is 107 Å². The number of carbonyl (C=O) groups is 4. The van der Waals surface area contributed by atoms with E-state index < -0.39 is 23.7 Å². The smallest absolute Gasteiger partial charge is 0.238 e. The van der Waals surface area contributed by atoms with Crippen molar-refractivity contribution >= 4 is 39.8 Å². The predicted octanol–water partition coefficient (Wildman–Crippen LogP) is 5.18. The number of phenolic OH excluding ortho intramolecular Hbond substituents is 1. The third kappa shape index (κ3) is 3.27. The largest absolute Gasteiger partial charge is 0.507 e. The quantitative estimate of drug-likeness (QED) is 0.289. The lowest BCUT2D eigenvalue weighted by atomic mass is 9.59. The van der Waals surface area contributed by atoms with E-state index in [1.165, 1.54) is 11.0 Å². The third-order valence-electron chi connectivity index (χ3n) is 8.82. The highest BCUT2D eigenvalue weighted by atomic mass is 16.3. The maximum atomic E-state index is 13.9. The van der Waals surface area contributed by atoms with Crippen molar-refractivity contribution < 1.29 is 24.3 Å². The highest BCUT2D eigenvalue weighted by Crippen LogP contribution is 2.56. The fourth-order valence-electron chi connectivity index (χ4n) is 7.11. The Morgan fingerprint density at radius 1 is 0.821 bits per heavy atom. The Kier molecular flexibility index (Phi) is 5.11. The van der Waals surface area contributed by atoms with Gasteiger partial charge in [-0.05, 0) is 60.9 Å². The Labute approximate surface area is 224 Å². The molecule has 1 saturated heterocycles. The monoisotopic (exact) mass is 515 g/mol. The van der Waals surface area contributed by atoms with Crippen molar-refractivity contribution in [2.24, 2.45) is 17.8 Å². The van der Waals surface area contributed by atoms with E-state index in [0.29, 0.717) is 34.2 Å². The van der Waals surface area contributed by atoms with Crippen LogP contribution in [-0.4, -0.2) is 28.5 Å². The summed E-state index contributed by atoms with van der Waals surface area (Å²) >= 11 is 0. The molecular formula is C33H25NO5. The van der Waals surface area contributed by atoms with Crippen LogP contribution in [0.5, 0.6) is 5.75 Å². The lowest BCUT2D eigenvalue weighted by molar-refractivity contribution is -0.123. The van der Waals surface area contributed by atoms with Crippen LogP contribution < -0.4 is 4.90 Å². The number of allylic oxidation sites excluding steroid dienone is 6. The van der Waals surface area contributed by atoms with Gasteiger partial charge >= 0.3 is 0 Å². The van der Waals surface area contributed by atoms with Gasteiger partial charge < -0.3 is 5.11 Å². The Hall–Kier alpha value is -4.58. The number of ketones is 2. The van der Waals surface area contributed by atoms with Gasteiger partial charge in [-0.25, -0.2) is 0 Å². The SMILES string of the molecule is CC1=CC(=O)C2=C(C1=O)[C@@H](c1ccc(O)c3ccccc13)C1=CC[C@@H]3C(=O)N(c4ccccc4)C(=O)[C@@H]3[C@@H]1C2. The summed E-state index contributed by atoms with van der Waals surface area (Å²) in [6.45, 7) is 1.66. The van der Waals surface area contributed by atoms with Gasteiger partial charge in [-0.3, -0.25) is 24.1 Å². The predicted molar refractivity (Wildman–Crippen MR) is 146 cm³/mol. The van der Waals surface area contributed by atoms with Gasteiger partial charge in [-0.1, -0.05) is 60.2 Å². The number of fused-ring (bicyclic) bond motifs is 4. The maximum Gasteiger partial charge on any atom is 0.238 e. The summed E-state index contributed by atoms with van der Waals surface area (Å²) in [6.07, 6.45) is 4.04. The molecule has 4 atom stereocenters. The minimum Gasteiger partial charge on any atom is -0.507 e. The molecule has 0 bridgehead atoms. The first-order valence-corrected chi connectivity index (χ1v) is 13.2. The van der Waals surface area contributed by atoms with Crippen LogP contribution in [0.3, 0.4) is 0 Å². The molecule has 39 heavy (non-hydrogen) atoms. The molecule has 1 fully saturated rings. The van der Waals surface area contributed by atoms with E-state index in [1.54, 1.807) is 37.3 Å². The van der Waals surface area contributed by atoms with Crippen molar-refractivity contribution in [2.45, 2.75) is 25.7 Å². The van der Waals surface area contributed by atoms with Crippen LogP contribution >= 0.6 is 0 Å². The van der Waals surface area contributed by atoms with Gasteiger partial charge in [-0.2, -0.15) is 0 Å². The van der Waals surface area contributed by atoms with Gasteiger partial charge in [0.1, 0.15) is 5.75 Å². The molecule has 4 aliphatic rings. The third-order valence-corrected chi connectivity index (χ3v) is 8.82. The summed E-state index contributed by atoms with van der Waals surface area (Å²) in [6, 6.07) is 19.8. The van der Waals surface area contributed by atoms with Gasteiger partial charge in [-0.15, -0.1) is 0 Å². The average molecular weight is 516 g/mol. The number of aromatic hydroxyl groups is 1. The molecule has 6 heteroatoms. The zero-order valence-electron chi connectivity index (χ0n) is 21.3. The van der Waals surface area contributed by atoms with Crippen LogP contribution in [-0.2, 0) is 19.2 Å². The first-order valence-electron chi connectivity index (χ1n) is 13.2. The first-order chi connectivity index (χ1) is 18.9. The molecule has 0 saturated carbocycles. The van der Waals surface area contributed by atoms with Crippen LogP contribution in [0.4, 0.5) is 5.69 Å². The summed E-state index contributed by atoms with van der Waals surface area (Å²) in [5.74, 6) is -2.82. The van der Waals surface area contributed by atoms with Crippen LogP contribution in [0.2, 0.25) is 0 Å². The molecule has 6 nitrogen and oxygen atoms in total. The molecule has 7 rings (SSSR count). The number of Topliss-reactive ketones (excluding diaryl/α,β-unsaturated/α-hetero) is 1. The topological polar surface area (TPSA) is 91.8 Å². The molecule has 3 aliphatic carbocycles. The number of carbonyl (C=O) groups excluding carboxylic acids is 4. The summed E-state index contributed by atoms with van der Waals surface area (Å²) in [5.41, 5.74) is 3.52. The number of para-hydroxylation sites is 1. The number of nitrogens with zero attached hydrogens (tertiary/aromatic N) is 1. The average Bonchev–Trinajstić information content (AvgIpc) is 3.21. The molecule has 0 spiro atoms. The second-order valence-electron chi connectivity index (χ2n) is 10.8. The van der Waals surface area contributed by atoms with Crippen molar-refractivity contribution in [1.29, 1.82) is 0 Å². The Morgan fingerprint density at radius 3 is 2.31 bits per heavy atom. The minimum absolute atomic E-state index is 0.130. The standard InChI is InChI=1S/C33H25NO5/c1-17-15-27(36)25-16-24-22(11-12-23-29(24)33(39)34(32(23)38)18-7-3-2-4-8-18)28(30(25)31(17)37)21-13-14-26(35)20-10-6-5-9-19(20)21/h2-11,13-15,23-24,28-29,35H,12,16H2,1H3/t23-,24+,28-,29-/m0/s1. The fourth-order valence-corrected chi connectivity index (χ4v) is 7.11. The minimum atomic E-state index is -0.618. The number of hydrogen-bond acceptors (Lipinski definition) is 5. The molecule has 3 aromatic carbocycles. The van der Waals surface area contributed by atoms with E-state index >= 15 is 0 Å². The van der Waals surface area contributed by atoms with Crippen molar-refractivity contribution in [1.82, 2.24) is 0 Å². The van der Waals surface area contributed by atoms with Crippen LogP contribution in [0, 0.1) is 17.8 Å². The summed E-state index contributed by atoms with van der Waals surface area (Å²) in [4.78, 5) is 55.8. The molecule has 0 unspecified atom stereocenters. The lowest BCUT2D eigenvalue weighted by Gasteiger charge is -2.42. The molecule has 1 heterocycles. The van der Waals surface area contributed by atoms with Gasteiger partial charge in [0.2, 0.25) is 11.8 Å². The van der Waals surface area contributed by atoms with E-state index in [0.717, 1.165) is 16.5 Å². The highest BCUT2D eigenvalue weighted by molar-refractivity contribution is 6.25. The second-order valence-corrected chi connectivity index (χ2v) is 10.8. The number of phenols is 1. The Balaban J connectivity index is 1.43. The van der Waals surface area contributed by atoms with E-state index in [-0.39, 0.29) is 35.6 Å². The molecule has 1 N–H and O–H groups in total. The van der Waals surface area contributed by atoms with Crippen LogP contribution in [0.1, 0.15) is 31.2 Å². The van der Waals surface area contributed by atoms with Crippen molar-refractivity contribution in [3.8, 4) is 5.75 Å².